The highest BCUT2D eigenvalue weighted by atomic mass is 16.5. The number of piperidine rings is 1. The van der Waals surface area contributed by atoms with Crippen LogP contribution in [0.4, 0.5) is 5.95 Å². The zero-order valence-electron chi connectivity index (χ0n) is 16.5. The van der Waals surface area contributed by atoms with E-state index >= 15 is 0 Å². The molecule has 150 valence electrons. The van der Waals surface area contributed by atoms with Crippen LogP contribution in [0, 0.1) is 0 Å². The van der Waals surface area contributed by atoms with Gasteiger partial charge in [-0.1, -0.05) is 18.6 Å². The first kappa shape index (κ1) is 19.0. The molecule has 1 fully saturated rings. The van der Waals surface area contributed by atoms with Gasteiger partial charge in [0, 0.05) is 18.7 Å². The van der Waals surface area contributed by atoms with Gasteiger partial charge in [0.05, 0.1) is 12.3 Å². The van der Waals surface area contributed by atoms with Crippen molar-refractivity contribution in [3.05, 3.63) is 51.4 Å². The van der Waals surface area contributed by atoms with Crippen LogP contribution in [0.1, 0.15) is 48.9 Å². The molecule has 2 heterocycles. The molecule has 0 atom stereocenters. The van der Waals surface area contributed by atoms with Crippen LogP contribution in [0.15, 0.2) is 29.1 Å². The topological polar surface area (TPSA) is 70.2 Å². The Morgan fingerprint density at radius 1 is 1.14 bits per heavy atom. The van der Waals surface area contributed by atoms with Crippen LogP contribution in [0.2, 0.25) is 0 Å². The molecule has 1 aromatic heterocycles. The lowest BCUT2D eigenvalue weighted by Crippen LogP contribution is -2.29. The van der Waals surface area contributed by atoms with Crippen molar-refractivity contribution in [3.8, 4) is 5.75 Å². The lowest BCUT2D eigenvalue weighted by molar-refractivity contribution is 0.220. The quantitative estimate of drug-likeness (QED) is 0.687. The number of H-pyrrole nitrogens is 1. The predicted molar refractivity (Wildman–Crippen MR) is 111 cm³/mol. The second-order valence-corrected chi connectivity index (χ2v) is 7.81. The van der Waals surface area contributed by atoms with Crippen LogP contribution < -0.4 is 15.6 Å². The van der Waals surface area contributed by atoms with Crippen molar-refractivity contribution in [1.82, 2.24) is 14.9 Å². The Labute approximate surface area is 166 Å². The average Bonchev–Trinajstić information content (AvgIpc) is 3.18. The van der Waals surface area contributed by atoms with Crippen molar-refractivity contribution in [2.75, 3.05) is 31.6 Å². The first-order valence-corrected chi connectivity index (χ1v) is 10.6. The van der Waals surface area contributed by atoms with Gasteiger partial charge in [-0.3, -0.25) is 14.7 Å². The second-order valence-electron chi connectivity index (χ2n) is 7.81. The maximum Gasteiger partial charge on any atom is 0.255 e. The number of likely N-dealkylation sites (tertiary alicyclic amines) is 1. The van der Waals surface area contributed by atoms with Crippen molar-refractivity contribution in [2.24, 2.45) is 0 Å². The van der Waals surface area contributed by atoms with Gasteiger partial charge < -0.3 is 10.1 Å². The average molecular weight is 383 g/mol. The summed E-state index contributed by atoms with van der Waals surface area (Å²) in [5.41, 5.74) is 3.13. The Balaban J connectivity index is 1.21. The fourth-order valence-corrected chi connectivity index (χ4v) is 4.10. The van der Waals surface area contributed by atoms with E-state index in [0.29, 0.717) is 12.6 Å². The number of anilines is 1. The van der Waals surface area contributed by atoms with E-state index in [1.54, 1.807) is 0 Å². The first-order valence-electron chi connectivity index (χ1n) is 10.6. The van der Waals surface area contributed by atoms with Gasteiger partial charge in [-0.2, -0.15) is 0 Å². The van der Waals surface area contributed by atoms with Gasteiger partial charge in [0.15, 0.2) is 0 Å². The molecule has 2 aromatic rings. The normalized spacial score (nSPS) is 16.7. The number of nitrogens with zero attached hydrogens (tertiary/aromatic N) is 2. The maximum atomic E-state index is 12.0. The number of hydrogen-bond donors (Lipinski definition) is 2. The molecule has 0 unspecified atom stereocenters. The largest absolute Gasteiger partial charge is 0.494 e. The van der Waals surface area contributed by atoms with E-state index < -0.39 is 0 Å². The Morgan fingerprint density at radius 3 is 2.93 bits per heavy atom. The number of fused-ring (bicyclic) bond motifs is 1. The molecule has 6 nitrogen and oxygen atoms in total. The summed E-state index contributed by atoms with van der Waals surface area (Å²) in [6.45, 7) is 4.77. The van der Waals surface area contributed by atoms with Crippen molar-refractivity contribution in [3.63, 3.8) is 0 Å². The molecular weight excluding hydrogens is 352 g/mol. The number of aromatic amines is 1. The van der Waals surface area contributed by atoms with Gasteiger partial charge >= 0.3 is 0 Å². The lowest BCUT2D eigenvalue weighted by atomic mass is 10.1. The van der Waals surface area contributed by atoms with Gasteiger partial charge in [0.1, 0.15) is 5.75 Å². The zero-order chi connectivity index (χ0) is 19.2. The molecule has 28 heavy (non-hydrogen) atoms. The molecule has 1 aliphatic carbocycles. The number of benzene rings is 1. The molecule has 2 N–H and O–H groups in total. The summed E-state index contributed by atoms with van der Waals surface area (Å²) < 4.78 is 5.92. The van der Waals surface area contributed by atoms with Crippen LogP contribution in [-0.2, 0) is 19.4 Å². The number of aromatic nitrogens is 2. The second kappa shape index (κ2) is 9.24. The molecular formula is C22H30N4O2. The first-order chi connectivity index (χ1) is 13.8. The minimum atomic E-state index is 0.00627. The van der Waals surface area contributed by atoms with Gasteiger partial charge in [0.25, 0.3) is 5.56 Å². The number of rotatable bonds is 8. The monoisotopic (exact) mass is 382 g/mol. The van der Waals surface area contributed by atoms with E-state index in [1.165, 1.54) is 37.9 Å². The molecule has 0 bridgehead atoms. The third kappa shape index (κ3) is 4.93. The molecule has 1 aliphatic heterocycles. The van der Waals surface area contributed by atoms with Crippen molar-refractivity contribution in [2.45, 2.75) is 51.5 Å². The summed E-state index contributed by atoms with van der Waals surface area (Å²) in [7, 11) is 0. The Hall–Kier alpha value is -2.34. The fourth-order valence-electron chi connectivity index (χ4n) is 4.10. The highest BCUT2D eigenvalue weighted by Gasteiger charge is 2.16. The number of hydrogen-bond acceptors (Lipinski definition) is 5. The third-order valence-corrected chi connectivity index (χ3v) is 5.58. The van der Waals surface area contributed by atoms with E-state index in [1.807, 2.05) is 6.07 Å². The smallest absolute Gasteiger partial charge is 0.255 e. The Kier molecular flexibility index (Phi) is 6.27. The van der Waals surface area contributed by atoms with Crippen molar-refractivity contribution in [1.29, 1.82) is 0 Å². The molecule has 0 radical (unpaired) electrons. The number of ether oxygens (including phenoxy) is 1. The molecule has 0 saturated carbocycles. The highest BCUT2D eigenvalue weighted by Crippen LogP contribution is 2.18. The van der Waals surface area contributed by atoms with Crippen LogP contribution >= 0.6 is 0 Å². The van der Waals surface area contributed by atoms with Gasteiger partial charge in [0.2, 0.25) is 5.95 Å². The standard InChI is InChI=1S/C22H30N4O2/c27-21-19-9-5-10-20(19)24-22(25-21)23-11-6-14-28-18-8-4-7-17(15-18)16-26-12-2-1-3-13-26/h4,7-8,15H,1-3,5-6,9-14,16H2,(H2,23,24,25,27). The van der Waals surface area contributed by atoms with Crippen LogP contribution in [-0.4, -0.2) is 41.1 Å². The number of nitrogens with one attached hydrogen (secondary N) is 2. The van der Waals surface area contributed by atoms with Crippen LogP contribution in [0.25, 0.3) is 0 Å². The third-order valence-electron chi connectivity index (χ3n) is 5.58. The van der Waals surface area contributed by atoms with E-state index in [-0.39, 0.29) is 5.56 Å². The van der Waals surface area contributed by atoms with E-state index in [9.17, 15) is 4.79 Å². The summed E-state index contributed by atoms with van der Waals surface area (Å²) in [6.07, 6.45) is 7.62. The molecule has 1 aromatic carbocycles. The lowest BCUT2D eigenvalue weighted by Gasteiger charge is -2.26. The minimum Gasteiger partial charge on any atom is -0.494 e. The van der Waals surface area contributed by atoms with Crippen molar-refractivity contribution >= 4 is 5.95 Å². The summed E-state index contributed by atoms with van der Waals surface area (Å²) in [5, 5.41) is 3.21. The van der Waals surface area contributed by atoms with Crippen LogP contribution in [0.5, 0.6) is 5.75 Å². The van der Waals surface area contributed by atoms with Gasteiger partial charge in [-0.15, -0.1) is 0 Å². The Bertz CT molecular complexity index is 843. The summed E-state index contributed by atoms with van der Waals surface area (Å²) >= 11 is 0. The summed E-state index contributed by atoms with van der Waals surface area (Å²) in [4.78, 5) is 21.9. The summed E-state index contributed by atoms with van der Waals surface area (Å²) in [5.74, 6) is 1.51. The zero-order valence-corrected chi connectivity index (χ0v) is 16.5. The van der Waals surface area contributed by atoms with E-state index in [2.05, 4.69) is 38.4 Å². The molecule has 0 amide bonds. The minimum absolute atomic E-state index is 0.00627. The van der Waals surface area contributed by atoms with E-state index in [4.69, 9.17) is 4.74 Å². The molecule has 6 heteroatoms. The molecule has 1 saturated heterocycles. The molecule has 0 spiro atoms. The summed E-state index contributed by atoms with van der Waals surface area (Å²) in [6, 6.07) is 8.43. The van der Waals surface area contributed by atoms with Gasteiger partial charge in [-0.25, -0.2) is 4.98 Å². The maximum absolute atomic E-state index is 12.0. The Morgan fingerprint density at radius 2 is 2.04 bits per heavy atom. The molecule has 2 aliphatic rings. The highest BCUT2D eigenvalue weighted by molar-refractivity contribution is 5.32. The van der Waals surface area contributed by atoms with Crippen LogP contribution in [0.3, 0.4) is 0 Å². The van der Waals surface area contributed by atoms with Gasteiger partial charge in [-0.05, 0) is 69.3 Å². The SMILES string of the molecule is O=c1[nH]c(NCCCOc2cccc(CN3CCCCC3)c2)nc2c1CCC2. The van der Waals surface area contributed by atoms with E-state index in [0.717, 1.165) is 55.8 Å². The fraction of sp³-hybridized carbons (Fsp3) is 0.545. The molecule has 4 rings (SSSR count). The predicted octanol–water partition coefficient (Wildman–Crippen LogP) is 3.13. The van der Waals surface area contributed by atoms with Crippen molar-refractivity contribution < 1.29 is 4.74 Å². The number of aryl methyl sites for hydroxylation is 1.